The summed E-state index contributed by atoms with van der Waals surface area (Å²) in [6, 6.07) is 16.0. The van der Waals surface area contributed by atoms with Gasteiger partial charge in [0.15, 0.2) is 16.6 Å². The molecule has 70 heavy (non-hydrogen) atoms. The van der Waals surface area contributed by atoms with Crippen LogP contribution in [0.2, 0.25) is 0 Å². The van der Waals surface area contributed by atoms with Crippen molar-refractivity contribution in [1.82, 2.24) is 58.2 Å². The number of aryl methyl sites for hydroxylation is 9. The van der Waals surface area contributed by atoms with Crippen LogP contribution in [0.4, 0.5) is 0 Å². The minimum atomic E-state index is -0.446. The van der Waals surface area contributed by atoms with E-state index in [2.05, 4.69) is 51.3 Å². The van der Waals surface area contributed by atoms with Crippen molar-refractivity contribution in [2.24, 2.45) is 21.1 Å². The van der Waals surface area contributed by atoms with Crippen LogP contribution < -0.4 is 33.7 Å². The zero-order valence-electron chi connectivity index (χ0n) is 39.9. The standard InChI is InChI=1S/2C16H18N4O3.C8H12BrNO.C8H7N3O2/c2*1-11-10-12(23-18-11)6-3-4-9-20-15(21)14-13(7-5-8-17-14)19(2)16(20)22;1-7-6-8(11-10-7)4-2-3-5-9;1-11-5-3-2-4-9-6(5)7(12)10-8(11)13/h2*5,7-8,10H,3-4,6,9H2,1-2H3;6H,2-5H2,1H3;2-4H,1H3,(H,10,12,13). The minimum absolute atomic E-state index is 0.282. The number of pyridine rings is 3. The molecule has 9 aromatic heterocycles. The van der Waals surface area contributed by atoms with Crippen LogP contribution >= 0.6 is 15.9 Å². The SMILES string of the molecule is Cc1cc(CCCCBr)on1.Cc1cc(CCCCn2c(=O)c3ncccc3n(C)c2=O)on1.Cc1cc(CCCCn2c(=O)c3ncccc3n(C)c2=O)on1.Cn1c(=O)[nH]c(=O)c2ncccc21. The quantitative estimate of drug-likeness (QED) is 0.109. The van der Waals surface area contributed by atoms with Crippen molar-refractivity contribution in [3.63, 3.8) is 0 Å². The number of H-pyrrole nitrogens is 1. The van der Waals surface area contributed by atoms with E-state index < -0.39 is 11.2 Å². The van der Waals surface area contributed by atoms with Crippen molar-refractivity contribution in [2.75, 3.05) is 5.33 Å². The molecule has 0 aromatic carbocycles. The van der Waals surface area contributed by atoms with Crippen LogP contribution in [-0.4, -0.2) is 63.6 Å². The third-order valence-corrected chi connectivity index (χ3v) is 11.6. The number of aromatic nitrogens is 12. The molecule has 0 aliphatic heterocycles. The maximum absolute atomic E-state index is 12.4. The van der Waals surface area contributed by atoms with Crippen LogP contribution in [0, 0.1) is 20.8 Å². The average Bonchev–Trinajstić information content (AvgIpc) is 4.12. The summed E-state index contributed by atoms with van der Waals surface area (Å²) < 4.78 is 22.1. The van der Waals surface area contributed by atoms with Gasteiger partial charge in [0.05, 0.1) is 33.6 Å². The molecule has 0 unspecified atom stereocenters. The van der Waals surface area contributed by atoms with Gasteiger partial charge in [0.2, 0.25) is 0 Å². The number of fused-ring (bicyclic) bond motifs is 3. The zero-order valence-corrected chi connectivity index (χ0v) is 41.5. The minimum Gasteiger partial charge on any atom is -0.361 e. The van der Waals surface area contributed by atoms with Crippen molar-refractivity contribution in [2.45, 2.75) is 91.6 Å². The predicted octanol–water partition coefficient (Wildman–Crippen LogP) is 5.15. The molecule has 21 nitrogen and oxygen atoms in total. The van der Waals surface area contributed by atoms with E-state index in [4.69, 9.17) is 13.6 Å². The van der Waals surface area contributed by atoms with Gasteiger partial charge in [0.1, 0.15) is 17.3 Å². The number of alkyl halides is 1. The van der Waals surface area contributed by atoms with E-state index in [-0.39, 0.29) is 28.0 Å². The molecule has 0 saturated heterocycles. The molecular formula is C48H55BrN12O9. The van der Waals surface area contributed by atoms with Gasteiger partial charge in [-0.3, -0.25) is 42.2 Å². The first kappa shape index (κ1) is 51.8. The number of unbranched alkanes of at least 4 members (excludes halogenated alkanes) is 3. The fourth-order valence-corrected chi connectivity index (χ4v) is 7.78. The first-order valence-electron chi connectivity index (χ1n) is 22.6. The topological polar surface area (TPSA) is 260 Å². The molecule has 0 aliphatic rings. The predicted molar refractivity (Wildman–Crippen MR) is 266 cm³/mol. The van der Waals surface area contributed by atoms with E-state index in [0.717, 1.165) is 71.8 Å². The summed E-state index contributed by atoms with van der Waals surface area (Å²) >= 11 is 3.38. The van der Waals surface area contributed by atoms with Gasteiger partial charge in [-0.15, -0.1) is 0 Å². The van der Waals surface area contributed by atoms with Crippen LogP contribution in [0.25, 0.3) is 33.1 Å². The molecule has 0 saturated carbocycles. The van der Waals surface area contributed by atoms with Gasteiger partial charge in [0.25, 0.3) is 16.7 Å². The number of nitrogens with zero attached hydrogens (tertiary/aromatic N) is 11. The average molecular weight is 1020 g/mol. The Morgan fingerprint density at radius 3 is 1.26 bits per heavy atom. The van der Waals surface area contributed by atoms with Crippen molar-refractivity contribution in [3.05, 3.63) is 170 Å². The fraction of sp³-hybridized carbons (Fsp3) is 0.375. The summed E-state index contributed by atoms with van der Waals surface area (Å²) in [7, 11) is 4.89. The lowest BCUT2D eigenvalue weighted by molar-refractivity contribution is 0.374. The molecule has 0 amide bonds. The first-order chi connectivity index (χ1) is 33.7. The van der Waals surface area contributed by atoms with E-state index in [1.54, 1.807) is 69.9 Å². The highest BCUT2D eigenvalue weighted by molar-refractivity contribution is 9.09. The third-order valence-electron chi connectivity index (χ3n) is 11.1. The normalized spacial score (nSPS) is 11.0. The Bertz CT molecular complexity index is 3400. The largest absolute Gasteiger partial charge is 0.361 e. The number of rotatable bonds is 14. The second kappa shape index (κ2) is 24.6. The molecule has 9 aromatic rings. The van der Waals surface area contributed by atoms with Crippen molar-refractivity contribution < 1.29 is 13.6 Å². The molecule has 0 atom stereocenters. The van der Waals surface area contributed by atoms with Crippen molar-refractivity contribution in [1.29, 1.82) is 0 Å². The third kappa shape index (κ3) is 13.1. The molecule has 0 radical (unpaired) electrons. The Balaban J connectivity index is 0.000000160. The Kier molecular flexibility index (Phi) is 18.2. The second-order valence-corrected chi connectivity index (χ2v) is 17.2. The van der Waals surface area contributed by atoms with Gasteiger partial charge in [-0.2, -0.15) is 0 Å². The van der Waals surface area contributed by atoms with Gasteiger partial charge >= 0.3 is 17.1 Å². The molecule has 1 N–H and O–H groups in total. The molecule has 0 aliphatic carbocycles. The molecule has 0 fully saturated rings. The summed E-state index contributed by atoms with van der Waals surface area (Å²) in [6.07, 6.45) is 12.5. The van der Waals surface area contributed by atoms with E-state index in [1.165, 1.54) is 41.9 Å². The molecule has 0 spiro atoms. The molecular weight excluding hydrogens is 969 g/mol. The monoisotopic (exact) mass is 1020 g/mol. The Morgan fingerprint density at radius 1 is 0.514 bits per heavy atom. The molecule has 368 valence electrons. The molecule has 9 heterocycles. The number of hydrogen-bond acceptors (Lipinski definition) is 15. The lowest BCUT2D eigenvalue weighted by Crippen LogP contribution is -2.39. The second-order valence-electron chi connectivity index (χ2n) is 16.4. The molecule has 0 bridgehead atoms. The lowest BCUT2D eigenvalue weighted by atomic mass is 10.2. The number of nitrogens with one attached hydrogen (secondary N) is 1. The lowest BCUT2D eigenvalue weighted by Gasteiger charge is -2.09. The summed E-state index contributed by atoms with van der Waals surface area (Å²) in [6.45, 7) is 6.42. The van der Waals surface area contributed by atoms with E-state index >= 15 is 0 Å². The first-order valence-corrected chi connectivity index (χ1v) is 23.8. The Labute approximate surface area is 407 Å². The summed E-state index contributed by atoms with van der Waals surface area (Å²) in [4.78, 5) is 86.2. The van der Waals surface area contributed by atoms with Crippen molar-refractivity contribution in [3.8, 4) is 0 Å². The maximum Gasteiger partial charge on any atom is 0.331 e. The van der Waals surface area contributed by atoms with E-state index in [1.807, 2.05) is 39.0 Å². The van der Waals surface area contributed by atoms with Gasteiger partial charge in [-0.05, 0) is 95.7 Å². The smallest absolute Gasteiger partial charge is 0.331 e. The van der Waals surface area contributed by atoms with E-state index in [9.17, 15) is 28.8 Å². The van der Waals surface area contributed by atoms with Crippen LogP contribution in [0.3, 0.4) is 0 Å². The maximum atomic E-state index is 12.4. The summed E-state index contributed by atoms with van der Waals surface area (Å²) in [5.41, 5.74) is 3.07. The van der Waals surface area contributed by atoms with Gasteiger partial charge < -0.3 is 13.6 Å². The Hall–Kier alpha value is -7.62. The highest BCUT2D eigenvalue weighted by Gasteiger charge is 2.13. The van der Waals surface area contributed by atoms with Crippen LogP contribution in [0.1, 0.15) is 72.9 Å². The fourth-order valence-electron chi connectivity index (χ4n) is 7.38. The van der Waals surface area contributed by atoms with Crippen LogP contribution in [-0.2, 0) is 53.5 Å². The Morgan fingerprint density at radius 2 is 0.886 bits per heavy atom. The van der Waals surface area contributed by atoms with Crippen LogP contribution in [0.15, 0.2) is 116 Å². The van der Waals surface area contributed by atoms with Gasteiger partial charge in [-0.25, -0.2) is 29.3 Å². The van der Waals surface area contributed by atoms with Gasteiger partial charge in [-0.1, -0.05) is 31.4 Å². The summed E-state index contributed by atoms with van der Waals surface area (Å²) in [5.74, 6) is 2.65. The highest BCUT2D eigenvalue weighted by atomic mass is 79.9. The van der Waals surface area contributed by atoms with Gasteiger partial charge in [0, 0.05) is 95.6 Å². The summed E-state index contributed by atoms with van der Waals surface area (Å²) in [5, 5.41) is 12.5. The van der Waals surface area contributed by atoms with Crippen LogP contribution in [0.5, 0.6) is 0 Å². The molecule has 9 rings (SSSR count). The van der Waals surface area contributed by atoms with Crippen molar-refractivity contribution >= 4 is 49.0 Å². The molecule has 22 heteroatoms. The highest BCUT2D eigenvalue weighted by Crippen LogP contribution is 2.11. The number of hydrogen-bond donors (Lipinski definition) is 1. The van der Waals surface area contributed by atoms with E-state index in [0.29, 0.717) is 53.5 Å². The number of aromatic amines is 1. The zero-order chi connectivity index (χ0) is 50.3. The number of halogens is 1.